The second-order valence-corrected chi connectivity index (χ2v) is 7.38. The van der Waals surface area contributed by atoms with Crippen LogP contribution in [0.2, 0.25) is 10.0 Å². The number of nitrogens with zero attached hydrogens (tertiary/aromatic N) is 2. The van der Waals surface area contributed by atoms with Crippen molar-refractivity contribution >= 4 is 31.3 Å². The van der Waals surface area contributed by atoms with Crippen LogP contribution in [0.3, 0.4) is 0 Å². The summed E-state index contributed by atoms with van der Waals surface area (Å²) in [5, 5.41) is 1.35. The molecule has 6 heteroatoms. The van der Waals surface area contributed by atoms with Gasteiger partial charge in [0.05, 0.1) is 0 Å². The van der Waals surface area contributed by atoms with Crippen molar-refractivity contribution < 1.29 is 38.4 Å². The van der Waals surface area contributed by atoms with Crippen LogP contribution in [0.15, 0.2) is 0 Å². The SMILES string of the molecule is CCN(CC)Cc1c(Cl)c(Cl)c(CN(CC)CC)[c]([Pd])[c]1[Pd]. The quantitative estimate of drug-likeness (QED) is 0.480. The Morgan fingerprint density at radius 3 is 1.18 bits per heavy atom. The number of halogens is 2. The molecule has 2 nitrogen and oxygen atoms in total. The van der Waals surface area contributed by atoms with Crippen LogP contribution >= 0.6 is 23.2 Å². The van der Waals surface area contributed by atoms with Crippen LogP contribution in [0.25, 0.3) is 0 Å². The van der Waals surface area contributed by atoms with Gasteiger partial charge in [-0.05, 0) is 0 Å². The molecule has 0 saturated carbocycles. The summed E-state index contributed by atoms with van der Waals surface area (Å²) in [6.07, 6.45) is 0. The zero-order chi connectivity index (χ0) is 16.9. The van der Waals surface area contributed by atoms with Crippen molar-refractivity contribution in [2.75, 3.05) is 26.2 Å². The van der Waals surface area contributed by atoms with Gasteiger partial charge in [0.15, 0.2) is 0 Å². The van der Waals surface area contributed by atoms with Crippen molar-refractivity contribution in [1.29, 1.82) is 0 Å². The van der Waals surface area contributed by atoms with Gasteiger partial charge >= 0.3 is 168 Å². The Balaban J connectivity index is 3.25. The van der Waals surface area contributed by atoms with Crippen LogP contribution in [-0.2, 0) is 51.5 Å². The average Bonchev–Trinajstić information content (AvgIpc) is 2.54. The van der Waals surface area contributed by atoms with E-state index in [4.69, 9.17) is 23.2 Å². The van der Waals surface area contributed by atoms with E-state index in [1.165, 1.54) is 0 Å². The fourth-order valence-corrected chi connectivity index (χ4v) is 4.15. The van der Waals surface area contributed by atoms with E-state index in [1.807, 2.05) is 0 Å². The Morgan fingerprint density at radius 1 is 0.682 bits per heavy atom. The van der Waals surface area contributed by atoms with E-state index < -0.39 is 0 Å². The normalized spacial score (nSPS) is 11.8. The van der Waals surface area contributed by atoms with Gasteiger partial charge in [-0.2, -0.15) is 0 Å². The van der Waals surface area contributed by atoms with E-state index in [2.05, 4.69) is 75.9 Å². The fourth-order valence-electron chi connectivity index (χ4n) is 2.30. The molecule has 1 aromatic rings. The van der Waals surface area contributed by atoms with Crippen LogP contribution in [0, 0.1) is 0 Å². The molecule has 0 atom stereocenters. The molecule has 1 aromatic carbocycles. The van der Waals surface area contributed by atoms with Gasteiger partial charge in [-0.1, -0.05) is 0 Å². The fraction of sp³-hybridized carbons (Fsp3) is 0.625. The number of hydrogen-bond donors (Lipinski definition) is 0. The molecule has 0 heterocycles. The van der Waals surface area contributed by atoms with E-state index >= 15 is 0 Å². The first-order valence-corrected chi connectivity index (χ1v) is 9.94. The third kappa shape index (κ3) is 5.02. The molecular weight excluding hydrogens is 504 g/mol. The van der Waals surface area contributed by atoms with Crippen LogP contribution in [0.5, 0.6) is 0 Å². The maximum absolute atomic E-state index is 6.59. The summed E-state index contributed by atoms with van der Waals surface area (Å²) in [6, 6.07) is 0. The van der Waals surface area contributed by atoms with Gasteiger partial charge in [0.1, 0.15) is 0 Å². The van der Waals surface area contributed by atoms with Gasteiger partial charge in [0, 0.05) is 0 Å². The number of rotatable bonds is 8. The number of hydrogen-bond acceptors (Lipinski definition) is 2. The molecule has 0 amide bonds. The molecule has 0 unspecified atom stereocenters. The maximum atomic E-state index is 6.59. The van der Waals surface area contributed by atoms with E-state index in [-0.39, 0.29) is 0 Å². The number of benzene rings is 1. The van der Waals surface area contributed by atoms with Crippen molar-refractivity contribution in [3.05, 3.63) is 21.2 Å². The summed E-state index contributed by atoms with van der Waals surface area (Å²) in [7, 11) is 0. The summed E-state index contributed by atoms with van der Waals surface area (Å²) in [5.41, 5.74) is 2.15. The summed E-state index contributed by atoms with van der Waals surface area (Å²) < 4.78 is 2.13. The first-order chi connectivity index (χ1) is 10.4. The summed E-state index contributed by atoms with van der Waals surface area (Å²) >= 11 is 20.0. The Hall–Kier alpha value is 1.04. The molecule has 0 bridgehead atoms. The van der Waals surface area contributed by atoms with Gasteiger partial charge in [-0.3, -0.25) is 0 Å². The zero-order valence-electron chi connectivity index (χ0n) is 13.5. The Labute approximate surface area is 166 Å². The molecule has 0 radical (unpaired) electrons. The van der Waals surface area contributed by atoms with E-state index in [1.54, 1.807) is 0 Å². The van der Waals surface area contributed by atoms with Gasteiger partial charge in [-0.15, -0.1) is 0 Å². The van der Waals surface area contributed by atoms with Crippen molar-refractivity contribution in [2.45, 2.75) is 40.8 Å². The van der Waals surface area contributed by atoms with Gasteiger partial charge < -0.3 is 0 Å². The topological polar surface area (TPSA) is 6.48 Å². The first kappa shape index (κ1) is 21.1. The summed E-state index contributed by atoms with van der Waals surface area (Å²) in [6.45, 7) is 14.2. The molecule has 0 saturated heterocycles. The van der Waals surface area contributed by atoms with E-state index in [9.17, 15) is 0 Å². The standard InChI is InChI=1S/C16H24Cl2N2.2Pd/c1-5-19(6-2)11-13-9-10-14(16(18)15(13)17)12-20(7-3)8-4;;/h5-8,11-12H2,1-4H3;;. The summed E-state index contributed by atoms with van der Waals surface area (Å²) in [5.74, 6) is 0. The van der Waals surface area contributed by atoms with Crippen molar-refractivity contribution in [3.63, 3.8) is 0 Å². The monoisotopic (exact) mass is 526 g/mol. The third-order valence-corrected chi connectivity index (χ3v) is 7.04. The molecule has 0 N–H and O–H groups in total. The van der Waals surface area contributed by atoms with Crippen molar-refractivity contribution in [2.24, 2.45) is 0 Å². The van der Waals surface area contributed by atoms with Crippen LogP contribution in [0.1, 0.15) is 38.8 Å². The Kier molecular flexibility index (Phi) is 9.71. The van der Waals surface area contributed by atoms with E-state index in [0.717, 1.165) is 58.5 Å². The Morgan fingerprint density at radius 2 is 0.955 bits per heavy atom. The van der Waals surface area contributed by atoms with Crippen LogP contribution in [-0.4, -0.2) is 36.0 Å². The van der Waals surface area contributed by atoms with Gasteiger partial charge in [0.2, 0.25) is 0 Å². The minimum absolute atomic E-state index is 0.674. The third-order valence-electron chi connectivity index (χ3n) is 3.93. The summed E-state index contributed by atoms with van der Waals surface area (Å²) in [4.78, 5) is 4.66. The average molecular weight is 528 g/mol. The minimum atomic E-state index is 0.674. The first-order valence-electron chi connectivity index (χ1n) is 7.63. The molecule has 1 rings (SSSR count). The molecule has 0 aliphatic carbocycles. The van der Waals surface area contributed by atoms with Crippen molar-refractivity contribution in [3.8, 4) is 0 Å². The molecule has 132 valence electrons. The van der Waals surface area contributed by atoms with Crippen molar-refractivity contribution in [1.82, 2.24) is 9.80 Å². The van der Waals surface area contributed by atoms with E-state index in [0.29, 0.717) is 10.0 Å². The predicted octanol–water partition coefficient (Wildman–Crippen LogP) is 3.02. The Bertz CT molecular complexity index is 427. The zero-order valence-corrected chi connectivity index (χ0v) is 18.1. The second kappa shape index (κ2) is 10.1. The molecule has 0 fully saturated rings. The van der Waals surface area contributed by atoms with Gasteiger partial charge in [0.25, 0.3) is 0 Å². The molecule has 22 heavy (non-hydrogen) atoms. The molecule has 0 aliphatic heterocycles. The van der Waals surface area contributed by atoms with Crippen LogP contribution < -0.4 is 8.07 Å². The molecule has 0 aliphatic rings. The molecule has 0 spiro atoms. The second-order valence-electron chi connectivity index (χ2n) is 5.07. The predicted molar refractivity (Wildman–Crippen MR) is 89.0 cm³/mol. The molecular formula is C16H24Cl2N2Pd2. The molecule has 0 aromatic heterocycles. The van der Waals surface area contributed by atoms with Crippen LogP contribution in [0.4, 0.5) is 0 Å². The van der Waals surface area contributed by atoms with Gasteiger partial charge in [-0.25, -0.2) is 0 Å².